The molecule has 5 nitrogen and oxygen atoms in total. The van der Waals surface area contributed by atoms with Crippen molar-refractivity contribution in [2.45, 2.75) is 52.2 Å². The fourth-order valence-corrected chi connectivity index (χ4v) is 3.17. The van der Waals surface area contributed by atoms with Crippen molar-refractivity contribution in [3.8, 4) is 0 Å². The Morgan fingerprint density at radius 3 is 2.67 bits per heavy atom. The summed E-state index contributed by atoms with van der Waals surface area (Å²) in [4.78, 5) is 16.5. The molecule has 0 spiro atoms. The average molecular weight is 297 g/mol. The highest BCUT2D eigenvalue weighted by Gasteiger charge is 2.30. The van der Waals surface area contributed by atoms with Crippen molar-refractivity contribution in [2.24, 2.45) is 5.92 Å². The van der Waals surface area contributed by atoms with E-state index >= 15 is 0 Å². The minimum atomic E-state index is -0.411. The first kappa shape index (κ1) is 16.6. The second-order valence-electron chi connectivity index (χ2n) is 7.48. The van der Waals surface area contributed by atoms with Gasteiger partial charge in [-0.05, 0) is 59.5 Å². The quantitative estimate of drug-likeness (QED) is 0.846. The van der Waals surface area contributed by atoms with Gasteiger partial charge in [0.05, 0.1) is 0 Å². The third kappa shape index (κ3) is 5.15. The van der Waals surface area contributed by atoms with E-state index in [9.17, 15) is 4.79 Å². The average Bonchev–Trinajstić information content (AvgIpc) is 2.40. The zero-order valence-corrected chi connectivity index (χ0v) is 14.0. The molecule has 2 atom stereocenters. The van der Waals surface area contributed by atoms with Crippen LogP contribution >= 0.6 is 0 Å². The summed E-state index contributed by atoms with van der Waals surface area (Å²) < 4.78 is 5.47. The van der Waals surface area contributed by atoms with Crippen molar-refractivity contribution in [3.05, 3.63) is 0 Å². The van der Waals surface area contributed by atoms with E-state index in [2.05, 4.69) is 17.1 Å². The molecule has 0 aromatic carbocycles. The van der Waals surface area contributed by atoms with Crippen molar-refractivity contribution in [2.75, 3.05) is 39.3 Å². The molecule has 1 unspecified atom stereocenters. The minimum absolute atomic E-state index is 0.173. The number of amides is 1. The van der Waals surface area contributed by atoms with E-state index in [0.29, 0.717) is 6.04 Å². The van der Waals surface area contributed by atoms with Gasteiger partial charge in [0.2, 0.25) is 0 Å². The second kappa shape index (κ2) is 6.97. The molecule has 2 saturated heterocycles. The highest BCUT2D eigenvalue weighted by atomic mass is 16.6. The molecule has 0 radical (unpaired) electrons. The Morgan fingerprint density at radius 1 is 1.33 bits per heavy atom. The van der Waals surface area contributed by atoms with Gasteiger partial charge in [0.1, 0.15) is 5.60 Å². The van der Waals surface area contributed by atoms with Crippen molar-refractivity contribution in [1.29, 1.82) is 0 Å². The molecule has 21 heavy (non-hydrogen) atoms. The van der Waals surface area contributed by atoms with Crippen molar-refractivity contribution >= 4 is 6.09 Å². The van der Waals surface area contributed by atoms with E-state index in [-0.39, 0.29) is 6.09 Å². The predicted molar refractivity (Wildman–Crippen MR) is 84.4 cm³/mol. The predicted octanol–water partition coefficient (Wildman–Crippen LogP) is 1.93. The van der Waals surface area contributed by atoms with Crippen LogP contribution in [0.25, 0.3) is 0 Å². The van der Waals surface area contributed by atoms with Gasteiger partial charge in [0, 0.05) is 32.2 Å². The molecule has 1 amide bonds. The van der Waals surface area contributed by atoms with E-state index in [1.54, 1.807) is 0 Å². The highest BCUT2D eigenvalue weighted by Crippen LogP contribution is 2.18. The van der Waals surface area contributed by atoms with Crippen LogP contribution in [0.15, 0.2) is 0 Å². The van der Waals surface area contributed by atoms with Crippen LogP contribution in [0.1, 0.15) is 40.5 Å². The number of nitrogens with zero attached hydrogens (tertiary/aromatic N) is 2. The molecule has 2 fully saturated rings. The first-order chi connectivity index (χ1) is 9.85. The molecule has 0 aliphatic carbocycles. The molecule has 2 rings (SSSR count). The van der Waals surface area contributed by atoms with Crippen molar-refractivity contribution in [3.63, 3.8) is 0 Å². The third-order valence-electron chi connectivity index (χ3n) is 4.31. The maximum atomic E-state index is 12.1. The van der Waals surface area contributed by atoms with Crippen LogP contribution in [0.2, 0.25) is 0 Å². The summed E-state index contributed by atoms with van der Waals surface area (Å²) in [5.74, 6) is 0.759. The standard InChI is InChI=1S/C16H31N3O2/c1-13-11-19(15(20)21-16(2,3)4)9-8-18(13)12-14-6-5-7-17-10-14/h13-14,17H,5-12H2,1-4H3/t13-,14?/m1/s1. The number of hydrogen-bond acceptors (Lipinski definition) is 4. The van der Waals surface area contributed by atoms with Gasteiger partial charge in [-0.25, -0.2) is 4.79 Å². The van der Waals surface area contributed by atoms with Gasteiger partial charge in [-0.3, -0.25) is 4.90 Å². The van der Waals surface area contributed by atoms with Crippen molar-refractivity contribution < 1.29 is 9.53 Å². The smallest absolute Gasteiger partial charge is 0.410 e. The SMILES string of the molecule is C[C@@H]1CN(C(=O)OC(C)(C)C)CCN1CC1CCCNC1. The van der Waals surface area contributed by atoms with Crippen LogP contribution in [0, 0.1) is 5.92 Å². The molecule has 2 aliphatic rings. The first-order valence-corrected chi connectivity index (χ1v) is 8.28. The third-order valence-corrected chi connectivity index (χ3v) is 4.31. The molecule has 122 valence electrons. The molecule has 0 bridgehead atoms. The lowest BCUT2D eigenvalue weighted by Crippen LogP contribution is -2.56. The summed E-state index contributed by atoms with van der Waals surface area (Å²) in [5.41, 5.74) is -0.411. The molecule has 2 aliphatic heterocycles. The Kier molecular flexibility index (Phi) is 5.49. The van der Waals surface area contributed by atoms with Crippen LogP contribution in [0.4, 0.5) is 4.79 Å². The van der Waals surface area contributed by atoms with Crippen molar-refractivity contribution in [1.82, 2.24) is 15.1 Å². The summed E-state index contributed by atoms with van der Waals surface area (Å²) >= 11 is 0. The minimum Gasteiger partial charge on any atom is -0.444 e. The molecular weight excluding hydrogens is 266 g/mol. The topological polar surface area (TPSA) is 44.8 Å². The number of ether oxygens (including phenoxy) is 1. The Balaban J connectivity index is 1.79. The van der Waals surface area contributed by atoms with Gasteiger partial charge in [-0.15, -0.1) is 0 Å². The number of piperazine rings is 1. The lowest BCUT2D eigenvalue weighted by atomic mass is 9.98. The number of nitrogens with one attached hydrogen (secondary N) is 1. The number of carbonyl (C=O) groups is 1. The molecule has 5 heteroatoms. The molecule has 0 saturated carbocycles. The van der Waals surface area contributed by atoms with Gasteiger partial charge >= 0.3 is 6.09 Å². The maximum absolute atomic E-state index is 12.1. The van der Waals surface area contributed by atoms with Crippen LogP contribution in [0.5, 0.6) is 0 Å². The normalized spacial score (nSPS) is 28.5. The molecule has 0 aromatic rings. The first-order valence-electron chi connectivity index (χ1n) is 8.28. The summed E-state index contributed by atoms with van der Waals surface area (Å²) in [7, 11) is 0. The zero-order valence-electron chi connectivity index (χ0n) is 14.0. The largest absolute Gasteiger partial charge is 0.444 e. The fourth-order valence-electron chi connectivity index (χ4n) is 3.17. The van der Waals surface area contributed by atoms with Gasteiger partial charge in [0.15, 0.2) is 0 Å². The van der Waals surface area contributed by atoms with Gasteiger partial charge in [-0.2, -0.15) is 0 Å². The lowest BCUT2D eigenvalue weighted by Gasteiger charge is -2.42. The maximum Gasteiger partial charge on any atom is 0.410 e. The summed E-state index contributed by atoms with van der Waals surface area (Å²) in [6.07, 6.45) is 2.44. The van der Waals surface area contributed by atoms with Gasteiger partial charge < -0.3 is 15.0 Å². The second-order valence-corrected chi connectivity index (χ2v) is 7.48. The number of piperidine rings is 1. The molecule has 2 heterocycles. The molecule has 0 aromatic heterocycles. The van der Waals surface area contributed by atoms with Crippen LogP contribution in [-0.4, -0.2) is 66.8 Å². The Hall–Kier alpha value is -0.810. The summed E-state index contributed by atoms with van der Waals surface area (Å²) in [6, 6.07) is 0.410. The number of carbonyl (C=O) groups excluding carboxylic acids is 1. The van der Waals surface area contributed by atoms with Crippen LogP contribution < -0.4 is 5.32 Å². The zero-order chi connectivity index (χ0) is 15.5. The van der Waals surface area contributed by atoms with Crippen LogP contribution in [-0.2, 0) is 4.74 Å². The molecular formula is C16H31N3O2. The lowest BCUT2D eigenvalue weighted by molar-refractivity contribution is 0.00309. The van der Waals surface area contributed by atoms with E-state index in [1.807, 2.05) is 25.7 Å². The van der Waals surface area contributed by atoms with E-state index < -0.39 is 5.60 Å². The van der Waals surface area contributed by atoms with E-state index in [0.717, 1.165) is 38.6 Å². The van der Waals surface area contributed by atoms with Crippen LogP contribution in [0.3, 0.4) is 0 Å². The highest BCUT2D eigenvalue weighted by molar-refractivity contribution is 5.68. The number of hydrogen-bond donors (Lipinski definition) is 1. The molecule has 1 N–H and O–H groups in total. The van der Waals surface area contributed by atoms with Gasteiger partial charge in [0.25, 0.3) is 0 Å². The number of rotatable bonds is 2. The Morgan fingerprint density at radius 2 is 2.10 bits per heavy atom. The monoisotopic (exact) mass is 297 g/mol. The fraction of sp³-hybridized carbons (Fsp3) is 0.938. The van der Waals surface area contributed by atoms with E-state index in [4.69, 9.17) is 4.74 Å². The summed E-state index contributed by atoms with van der Waals surface area (Å²) in [6.45, 7) is 13.9. The van der Waals surface area contributed by atoms with E-state index in [1.165, 1.54) is 19.4 Å². The Bertz CT molecular complexity index is 348. The van der Waals surface area contributed by atoms with Gasteiger partial charge in [-0.1, -0.05) is 0 Å². The summed E-state index contributed by atoms with van der Waals surface area (Å²) in [5, 5.41) is 3.48. The Labute approximate surface area is 129 Å².